The molecule has 4 nitrogen and oxygen atoms in total. The van der Waals surface area contributed by atoms with Gasteiger partial charge < -0.3 is 14.7 Å². The molecule has 1 amide bonds. The number of rotatable bonds is 5. The lowest BCUT2D eigenvalue weighted by Crippen LogP contribution is -2.43. The molecule has 0 aromatic heterocycles. The molecule has 1 N–H and O–H groups in total. The molecule has 2 aliphatic rings. The smallest absolute Gasteiger partial charge is 0.422 e. The number of ether oxygens (including phenoxy) is 1. The maximum atomic E-state index is 13.1. The molecular weight excluding hydrogens is 359 g/mol. The van der Waals surface area contributed by atoms with Gasteiger partial charge in [0.2, 0.25) is 5.91 Å². The maximum Gasteiger partial charge on any atom is 0.422 e. The number of anilines is 1. The molecule has 1 aliphatic carbocycles. The van der Waals surface area contributed by atoms with Gasteiger partial charge in [0.15, 0.2) is 6.61 Å². The lowest BCUT2D eigenvalue weighted by Gasteiger charge is -2.41. The molecule has 1 heterocycles. The predicted molar refractivity (Wildman–Crippen MR) is 95.7 cm³/mol. The van der Waals surface area contributed by atoms with Crippen molar-refractivity contribution in [2.45, 2.75) is 63.6 Å². The number of nitrogens with zero attached hydrogens (tertiary/aromatic N) is 1. The zero-order valence-corrected chi connectivity index (χ0v) is 15.5. The Balaban J connectivity index is 1.64. The molecule has 0 unspecified atom stereocenters. The number of amides is 1. The van der Waals surface area contributed by atoms with Gasteiger partial charge in [0, 0.05) is 12.2 Å². The Morgan fingerprint density at radius 1 is 1.11 bits per heavy atom. The van der Waals surface area contributed by atoms with E-state index in [2.05, 4.69) is 0 Å². The maximum absolute atomic E-state index is 13.1. The topological polar surface area (TPSA) is 49.8 Å². The van der Waals surface area contributed by atoms with Gasteiger partial charge in [0.25, 0.3) is 0 Å². The Morgan fingerprint density at radius 3 is 2.30 bits per heavy atom. The van der Waals surface area contributed by atoms with E-state index in [1.54, 1.807) is 17.0 Å². The number of halogens is 3. The number of carbonyl (C=O) groups excluding carboxylic acids is 1. The third-order valence-corrected chi connectivity index (χ3v) is 5.92. The number of hydrogen-bond acceptors (Lipinski definition) is 3. The SMILES string of the molecule is CCC[C@]1(O)CC[C@]2(CCN(c3ccc(OCC(F)(F)F)cc3)C2=O)CC1. The quantitative estimate of drug-likeness (QED) is 0.814. The first kappa shape index (κ1) is 20.0. The van der Waals surface area contributed by atoms with Gasteiger partial charge in [-0.05, 0) is 62.8 Å². The number of alkyl halides is 3. The summed E-state index contributed by atoms with van der Waals surface area (Å²) in [4.78, 5) is 14.8. The van der Waals surface area contributed by atoms with Crippen LogP contribution in [-0.4, -0.2) is 35.9 Å². The fourth-order valence-electron chi connectivity index (χ4n) is 4.33. The highest BCUT2D eigenvalue weighted by molar-refractivity contribution is 6.00. The fourth-order valence-corrected chi connectivity index (χ4v) is 4.33. The van der Waals surface area contributed by atoms with Crippen LogP contribution in [0, 0.1) is 5.41 Å². The van der Waals surface area contributed by atoms with E-state index in [4.69, 9.17) is 4.74 Å². The van der Waals surface area contributed by atoms with E-state index in [9.17, 15) is 23.1 Å². The minimum absolute atomic E-state index is 0.0602. The van der Waals surface area contributed by atoms with Gasteiger partial charge in [-0.1, -0.05) is 13.3 Å². The van der Waals surface area contributed by atoms with Crippen LogP contribution >= 0.6 is 0 Å². The van der Waals surface area contributed by atoms with Crippen molar-refractivity contribution in [2.24, 2.45) is 5.41 Å². The van der Waals surface area contributed by atoms with Crippen LogP contribution in [-0.2, 0) is 4.79 Å². The Bertz CT molecular complexity index is 664. The number of benzene rings is 1. The summed E-state index contributed by atoms with van der Waals surface area (Å²) in [7, 11) is 0. The second kappa shape index (κ2) is 7.34. The zero-order valence-electron chi connectivity index (χ0n) is 15.5. The summed E-state index contributed by atoms with van der Waals surface area (Å²) in [5, 5.41) is 10.6. The van der Waals surface area contributed by atoms with Crippen molar-refractivity contribution in [3.8, 4) is 5.75 Å². The van der Waals surface area contributed by atoms with Crippen LogP contribution in [0.4, 0.5) is 18.9 Å². The van der Waals surface area contributed by atoms with Crippen LogP contribution in [0.2, 0.25) is 0 Å². The number of carbonyl (C=O) groups is 1. The summed E-state index contributed by atoms with van der Waals surface area (Å²) in [5.41, 5.74) is -0.387. The molecule has 0 bridgehead atoms. The van der Waals surface area contributed by atoms with E-state index in [0.29, 0.717) is 37.9 Å². The van der Waals surface area contributed by atoms with E-state index in [0.717, 1.165) is 19.3 Å². The summed E-state index contributed by atoms with van der Waals surface area (Å²) in [5.74, 6) is 0.185. The lowest BCUT2D eigenvalue weighted by atomic mass is 9.67. The normalized spacial score (nSPS) is 28.8. The first-order chi connectivity index (χ1) is 12.7. The Hall–Kier alpha value is -1.76. The van der Waals surface area contributed by atoms with Crippen LogP contribution in [0.3, 0.4) is 0 Å². The molecule has 1 saturated heterocycles. The highest BCUT2D eigenvalue weighted by atomic mass is 19.4. The van der Waals surface area contributed by atoms with Crippen molar-refractivity contribution in [2.75, 3.05) is 18.1 Å². The van der Waals surface area contributed by atoms with Crippen LogP contribution in [0.25, 0.3) is 0 Å². The molecular formula is C20H26F3NO3. The van der Waals surface area contributed by atoms with Crippen LogP contribution in [0.1, 0.15) is 51.9 Å². The van der Waals surface area contributed by atoms with Gasteiger partial charge in [-0.3, -0.25) is 4.79 Å². The van der Waals surface area contributed by atoms with Gasteiger partial charge in [-0.15, -0.1) is 0 Å². The van der Waals surface area contributed by atoms with Crippen molar-refractivity contribution in [3.05, 3.63) is 24.3 Å². The van der Waals surface area contributed by atoms with Crippen molar-refractivity contribution in [3.63, 3.8) is 0 Å². The highest BCUT2D eigenvalue weighted by Gasteiger charge is 2.51. The van der Waals surface area contributed by atoms with E-state index in [-0.39, 0.29) is 11.7 Å². The molecule has 1 aromatic carbocycles. The average molecular weight is 385 g/mol. The summed E-state index contributed by atoms with van der Waals surface area (Å²) < 4.78 is 41.4. The van der Waals surface area contributed by atoms with Gasteiger partial charge in [0.05, 0.1) is 11.0 Å². The molecule has 0 atom stereocenters. The Kier molecular flexibility index (Phi) is 5.43. The molecule has 1 aliphatic heterocycles. The number of aliphatic hydroxyl groups is 1. The summed E-state index contributed by atoms with van der Waals surface area (Å²) >= 11 is 0. The monoisotopic (exact) mass is 385 g/mol. The van der Waals surface area contributed by atoms with Crippen LogP contribution in [0.15, 0.2) is 24.3 Å². The van der Waals surface area contributed by atoms with Gasteiger partial charge >= 0.3 is 6.18 Å². The molecule has 150 valence electrons. The van der Waals surface area contributed by atoms with E-state index < -0.39 is 23.8 Å². The number of hydrogen-bond donors (Lipinski definition) is 1. The second-order valence-corrected chi connectivity index (χ2v) is 7.86. The van der Waals surface area contributed by atoms with E-state index in [1.807, 2.05) is 6.92 Å². The molecule has 27 heavy (non-hydrogen) atoms. The molecule has 0 radical (unpaired) electrons. The Labute approximate surface area is 157 Å². The summed E-state index contributed by atoms with van der Waals surface area (Å²) in [6.45, 7) is 1.31. The molecule has 3 rings (SSSR count). The predicted octanol–water partition coefficient (Wildman–Crippen LogP) is 4.46. The van der Waals surface area contributed by atoms with Crippen LogP contribution < -0.4 is 9.64 Å². The summed E-state index contributed by atoms with van der Waals surface area (Å²) in [6.07, 6.45) is 0.718. The van der Waals surface area contributed by atoms with Crippen LogP contribution in [0.5, 0.6) is 5.75 Å². The molecule has 1 spiro atoms. The van der Waals surface area contributed by atoms with Crippen molar-refractivity contribution in [1.29, 1.82) is 0 Å². The second-order valence-electron chi connectivity index (χ2n) is 7.86. The molecule has 1 aromatic rings. The minimum Gasteiger partial charge on any atom is -0.484 e. The first-order valence-electron chi connectivity index (χ1n) is 9.50. The van der Waals surface area contributed by atoms with Gasteiger partial charge in [-0.2, -0.15) is 13.2 Å². The Morgan fingerprint density at radius 2 is 1.74 bits per heavy atom. The summed E-state index contributed by atoms with van der Waals surface area (Å²) in [6, 6.07) is 6.16. The van der Waals surface area contributed by atoms with E-state index >= 15 is 0 Å². The zero-order chi connectivity index (χ0) is 19.7. The van der Waals surface area contributed by atoms with E-state index in [1.165, 1.54) is 12.1 Å². The molecule has 1 saturated carbocycles. The van der Waals surface area contributed by atoms with Crippen molar-refractivity contribution < 1.29 is 27.8 Å². The molecule has 7 heteroatoms. The highest BCUT2D eigenvalue weighted by Crippen LogP contribution is 2.49. The lowest BCUT2D eigenvalue weighted by molar-refractivity contribution is -0.153. The fraction of sp³-hybridized carbons (Fsp3) is 0.650. The third-order valence-electron chi connectivity index (χ3n) is 5.92. The van der Waals surface area contributed by atoms with Crippen molar-refractivity contribution in [1.82, 2.24) is 0 Å². The largest absolute Gasteiger partial charge is 0.484 e. The average Bonchev–Trinajstić information content (AvgIpc) is 2.93. The first-order valence-corrected chi connectivity index (χ1v) is 9.50. The molecule has 2 fully saturated rings. The van der Waals surface area contributed by atoms with Gasteiger partial charge in [0.1, 0.15) is 5.75 Å². The third kappa shape index (κ3) is 4.39. The van der Waals surface area contributed by atoms with Crippen molar-refractivity contribution >= 4 is 11.6 Å². The van der Waals surface area contributed by atoms with Gasteiger partial charge in [-0.25, -0.2) is 0 Å². The standard InChI is InChI=1S/C20H26F3NO3/c1-2-7-19(26)10-8-18(9-11-19)12-13-24(17(18)25)15-3-5-16(6-4-15)27-14-20(21,22)23/h3-6,26H,2,7-14H2,1H3/t18-,19+. The minimum atomic E-state index is -4.38.